The van der Waals surface area contributed by atoms with Gasteiger partial charge in [0.1, 0.15) is 5.82 Å². The first-order chi connectivity index (χ1) is 8.09. The predicted octanol–water partition coefficient (Wildman–Crippen LogP) is 3.08. The summed E-state index contributed by atoms with van der Waals surface area (Å²) in [5, 5.41) is 0. The minimum Gasteiger partial charge on any atom is -0.374 e. The third kappa shape index (κ3) is 2.60. The molecule has 0 radical (unpaired) electrons. The van der Waals surface area contributed by atoms with Crippen LogP contribution in [-0.4, -0.2) is 13.6 Å². The monoisotopic (exact) mass is 236 g/mol. The molecule has 0 aromatic heterocycles. The van der Waals surface area contributed by atoms with Crippen LogP contribution in [0.2, 0.25) is 0 Å². The van der Waals surface area contributed by atoms with E-state index in [1.807, 2.05) is 20.0 Å². The van der Waals surface area contributed by atoms with Crippen molar-refractivity contribution in [2.45, 2.75) is 32.2 Å². The third-order valence-electron chi connectivity index (χ3n) is 3.65. The van der Waals surface area contributed by atoms with Gasteiger partial charge in [0.15, 0.2) is 0 Å². The molecule has 2 N–H and O–H groups in total. The van der Waals surface area contributed by atoms with Gasteiger partial charge in [0.05, 0.1) is 0 Å². The van der Waals surface area contributed by atoms with Crippen molar-refractivity contribution in [3.05, 3.63) is 29.6 Å². The average molecular weight is 236 g/mol. The van der Waals surface area contributed by atoms with Crippen LogP contribution in [0.15, 0.2) is 18.2 Å². The quantitative estimate of drug-likeness (QED) is 0.870. The van der Waals surface area contributed by atoms with Crippen molar-refractivity contribution in [2.24, 2.45) is 11.7 Å². The molecule has 17 heavy (non-hydrogen) atoms. The van der Waals surface area contributed by atoms with Crippen LogP contribution in [0.1, 0.15) is 37.8 Å². The molecule has 1 saturated carbocycles. The second-order valence-corrected chi connectivity index (χ2v) is 5.14. The van der Waals surface area contributed by atoms with Crippen molar-refractivity contribution in [1.29, 1.82) is 0 Å². The van der Waals surface area contributed by atoms with Crippen molar-refractivity contribution in [3.8, 4) is 0 Å². The Bertz CT molecular complexity index is 386. The molecule has 0 heterocycles. The molecule has 1 aliphatic carbocycles. The normalized spacial score (nSPS) is 17.6. The Morgan fingerprint density at radius 2 is 2.18 bits per heavy atom. The molecule has 1 aromatic carbocycles. The van der Waals surface area contributed by atoms with Crippen LogP contribution in [0.3, 0.4) is 0 Å². The van der Waals surface area contributed by atoms with Crippen LogP contribution >= 0.6 is 0 Å². The lowest BCUT2D eigenvalue weighted by molar-refractivity contribution is 0.321. The lowest BCUT2D eigenvalue weighted by atomic mass is 9.85. The first-order valence-corrected chi connectivity index (χ1v) is 6.34. The number of nitrogens with zero attached hydrogens (tertiary/aromatic N) is 1. The second kappa shape index (κ2) is 5.05. The van der Waals surface area contributed by atoms with Crippen molar-refractivity contribution in [3.63, 3.8) is 0 Å². The molecule has 2 rings (SSSR count). The topological polar surface area (TPSA) is 29.3 Å². The van der Waals surface area contributed by atoms with E-state index in [1.54, 1.807) is 6.07 Å². The molecular weight excluding hydrogens is 215 g/mol. The molecule has 1 fully saturated rings. The van der Waals surface area contributed by atoms with E-state index < -0.39 is 0 Å². The number of benzene rings is 1. The van der Waals surface area contributed by atoms with E-state index in [4.69, 9.17) is 5.73 Å². The number of nitrogens with two attached hydrogens (primary N) is 1. The fourth-order valence-electron chi connectivity index (χ4n) is 2.47. The zero-order valence-electron chi connectivity index (χ0n) is 10.6. The summed E-state index contributed by atoms with van der Waals surface area (Å²) < 4.78 is 13.8. The predicted molar refractivity (Wildman–Crippen MR) is 69.6 cm³/mol. The van der Waals surface area contributed by atoms with Gasteiger partial charge in [-0.1, -0.05) is 12.5 Å². The number of hydrogen-bond donors (Lipinski definition) is 1. The highest BCUT2D eigenvalue weighted by atomic mass is 19.1. The van der Waals surface area contributed by atoms with Crippen LogP contribution in [0, 0.1) is 11.7 Å². The Hall–Kier alpha value is -1.09. The van der Waals surface area contributed by atoms with Crippen LogP contribution in [0.25, 0.3) is 0 Å². The maximum absolute atomic E-state index is 13.8. The maximum atomic E-state index is 13.8. The summed E-state index contributed by atoms with van der Waals surface area (Å²) in [6.45, 7) is 2.84. The number of halogens is 1. The summed E-state index contributed by atoms with van der Waals surface area (Å²) in [4.78, 5) is 2.14. The highest BCUT2D eigenvalue weighted by Crippen LogP contribution is 2.31. The summed E-state index contributed by atoms with van der Waals surface area (Å²) in [7, 11) is 2.03. The lowest BCUT2D eigenvalue weighted by Crippen LogP contribution is -2.30. The highest BCUT2D eigenvalue weighted by Gasteiger charge is 2.21. The van der Waals surface area contributed by atoms with Crippen LogP contribution in [0.5, 0.6) is 0 Å². The molecule has 1 aliphatic rings. The molecule has 0 saturated heterocycles. The SMILES string of the molecule is CC(N)c1c(F)cccc1N(C)CC1CCC1. The minimum absolute atomic E-state index is 0.196. The maximum Gasteiger partial charge on any atom is 0.130 e. The smallest absolute Gasteiger partial charge is 0.130 e. The molecule has 0 amide bonds. The van der Waals surface area contributed by atoms with Crippen molar-refractivity contribution in [1.82, 2.24) is 0 Å². The van der Waals surface area contributed by atoms with E-state index in [-0.39, 0.29) is 11.9 Å². The molecule has 2 nitrogen and oxygen atoms in total. The fraction of sp³-hybridized carbons (Fsp3) is 0.571. The van der Waals surface area contributed by atoms with Crippen LogP contribution in [-0.2, 0) is 0 Å². The van der Waals surface area contributed by atoms with E-state index in [1.165, 1.54) is 25.3 Å². The van der Waals surface area contributed by atoms with Crippen LogP contribution < -0.4 is 10.6 Å². The van der Waals surface area contributed by atoms with Crippen molar-refractivity contribution >= 4 is 5.69 Å². The largest absolute Gasteiger partial charge is 0.374 e. The lowest BCUT2D eigenvalue weighted by Gasteiger charge is -2.32. The standard InChI is InChI=1S/C14H21FN2/c1-10(16)14-12(15)7-4-8-13(14)17(2)9-11-5-3-6-11/h4,7-8,10-11H,3,5-6,9,16H2,1-2H3. The summed E-state index contributed by atoms with van der Waals surface area (Å²) in [6.07, 6.45) is 3.93. The van der Waals surface area contributed by atoms with Gasteiger partial charge in [0.2, 0.25) is 0 Å². The molecule has 3 heteroatoms. The molecule has 1 atom stereocenters. The first kappa shape index (κ1) is 12.4. The Morgan fingerprint density at radius 3 is 2.71 bits per heavy atom. The molecule has 94 valence electrons. The van der Waals surface area contributed by atoms with E-state index in [0.29, 0.717) is 5.56 Å². The minimum atomic E-state index is -0.268. The van der Waals surface area contributed by atoms with E-state index in [9.17, 15) is 4.39 Å². The van der Waals surface area contributed by atoms with E-state index in [2.05, 4.69) is 4.90 Å². The molecule has 0 bridgehead atoms. The Morgan fingerprint density at radius 1 is 1.47 bits per heavy atom. The molecule has 0 aliphatic heterocycles. The van der Waals surface area contributed by atoms with Gasteiger partial charge in [0.25, 0.3) is 0 Å². The average Bonchev–Trinajstić information content (AvgIpc) is 2.22. The second-order valence-electron chi connectivity index (χ2n) is 5.14. The summed E-state index contributed by atoms with van der Waals surface area (Å²) in [6, 6.07) is 4.93. The summed E-state index contributed by atoms with van der Waals surface area (Å²) >= 11 is 0. The zero-order valence-corrected chi connectivity index (χ0v) is 10.6. The summed E-state index contributed by atoms with van der Waals surface area (Å²) in [5.74, 6) is 0.571. The molecule has 0 spiro atoms. The van der Waals surface area contributed by atoms with Gasteiger partial charge in [-0.2, -0.15) is 0 Å². The van der Waals surface area contributed by atoms with E-state index in [0.717, 1.165) is 18.2 Å². The van der Waals surface area contributed by atoms with Gasteiger partial charge in [-0.3, -0.25) is 0 Å². The molecule has 1 unspecified atom stereocenters. The van der Waals surface area contributed by atoms with Crippen LogP contribution in [0.4, 0.5) is 10.1 Å². The Kier molecular flexibility index (Phi) is 3.67. The summed E-state index contributed by atoms with van der Waals surface area (Å²) in [5.41, 5.74) is 7.43. The molecule has 1 aromatic rings. The first-order valence-electron chi connectivity index (χ1n) is 6.34. The number of anilines is 1. The highest BCUT2D eigenvalue weighted by molar-refractivity contribution is 5.55. The van der Waals surface area contributed by atoms with E-state index >= 15 is 0 Å². The fourth-order valence-corrected chi connectivity index (χ4v) is 2.47. The van der Waals surface area contributed by atoms with Gasteiger partial charge in [-0.05, 0) is 37.8 Å². The Balaban J connectivity index is 2.20. The van der Waals surface area contributed by atoms with Gasteiger partial charge >= 0.3 is 0 Å². The number of hydrogen-bond acceptors (Lipinski definition) is 2. The van der Waals surface area contributed by atoms with Gasteiger partial charge < -0.3 is 10.6 Å². The van der Waals surface area contributed by atoms with Gasteiger partial charge in [-0.15, -0.1) is 0 Å². The van der Waals surface area contributed by atoms with Gasteiger partial charge in [-0.25, -0.2) is 4.39 Å². The molecular formula is C14H21FN2. The van der Waals surface area contributed by atoms with Crippen molar-refractivity contribution in [2.75, 3.05) is 18.5 Å². The zero-order chi connectivity index (χ0) is 12.4. The number of rotatable bonds is 4. The third-order valence-corrected chi connectivity index (χ3v) is 3.65. The Labute approximate surface area is 103 Å². The van der Waals surface area contributed by atoms with Crippen molar-refractivity contribution < 1.29 is 4.39 Å². The van der Waals surface area contributed by atoms with Gasteiger partial charge in [0, 0.05) is 30.9 Å².